The van der Waals surface area contributed by atoms with Gasteiger partial charge in [0, 0.05) is 12.4 Å². The van der Waals surface area contributed by atoms with Crippen LogP contribution in [0.2, 0.25) is 0 Å². The molecule has 0 aliphatic heterocycles. The second kappa shape index (κ2) is 6.45. The van der Waals surface area contributed by atoms with Gasteiger partial charge in [0.1, 0.15) is 5.01 Å². The van der Waals surface area contributed by atoms with Crippen LogP contribution in [-0.2, 0) is 6.54 Å². The van der Waals surface area contributed by atoms with Gasteiger partial charge < -0.3 is 5.32 Å². The predicted molar refractivity (Wildman–Crippen MR) is 84.1 cm³/mol. The molecule has 104 valence electrons. The molecular formula is C13H20N4S2. The first-order valence-corrected chi connectivity index (χ1v) is 8.19. The molecule has 0 spiro atoms. The Bertz CT molecular complexity index is 528. The molecule has 0 atom stereocenters. The van der Waals surface area contributed by atoms with Gasteiger partial charge in [0.15, 0.2) is 5.13 Å². The Morgan fingerprint density at radius 3 is 2.58 bits per heavy atom. The first kappa shape index (κ1) is 14.4. The normalized spacial score (nSPS) is 11.2. The van der Waals surface area contributed by atoms with Gasteiger partial charge in [-0.05, 0) is 20.0 Å². The van der Waals surface area contributed by atoms with Crippen LogP contribution in [0.4, 0.5) is 5.13 Å². The maximum Gasteiger partial charge on any atom is 0.182 e. The second-order valence-electron chi connectivity index (χ2n) is 4.27. The van der Waals surface area contributed by atoms with Crippen LogP contribution in [0.25, 0.3) is 10.6 Å². The first-order valence-electron chi connectivity index (χ1n) is 6.50. The van der Waals surface area contributed by atoms with Crippen molar-refractivity contribution in [3.8, 4) is 10.6 Å². The molecule has 0 unspecified atom stereocenters. The molecule has 2 aromatic heterocycles. The maximum atomic E-state index is 4.68. The molecule has 0 saturated carbocycles. The molecule has 0 bridgehead atoms. The number of nitrogens with zero attached hydrogens (tertiary/aromatic N) is 3. The number of anilines is 1. The lowest BCUT2D eigenvalue weighted by Crippen LogP contribution is -2.21. The Morgan fingerprint density at radius 2 is 2.00 bits per heavy atom. The van der Waals surface area contributed by atoms with Gasteiger partial charge in [0.05, 0.1) is 22.8 Å². The van der Waals surface area contributed by atoms with E-state index in [2.05, 4.69) is 46.3 Å². The Balaban J connectivity index is 2.20. The summed E-state index contributed by atoms with van der Waals surface area (Å²) in [4.78, 5) is 12.8. The minimum Gasteiger partial charge on any atom is -0.365 e. The van der Waals surface area contributed by atoms with Crippen molar-refractivity contribution < 1.29 is 0 Å². The van der Waals surface area contributed by atoms with Gasteiger partial charge in [0.25, 0.3) is 0 Å². The summed E-state index contributed by atoms with van der Waals surface area (Å²) in [6.45, 7) is 9.49. The van der Waals surface area contributed by atoms with Gasteiger partial charge in [-0.15, -0.1) is 22.7 Å². The fourth-order valence-corrected chi connectivity index (χ4v) is 3.69. The molecule has 0 radical (unpaired) electrons. The third-order valence-electron chi connectivity index (χ3n) is 3.04. The zero-order valence-corrected chi connectivity index (χ0v) is 13.5. The fraction of sp³-hybridized carbons (Fsp3) is 0.538. The summed E-state index contributed by atoms with van der Waals surface area (Å²) in [5.41, 5.74) is 2.12. The van der Waals surface area contributed by atoms with Crippen molar-refractivity contribution in [1.29, 1.82) is 0 Å². The average Bonchev–Trinajstić information content (AvgIpc) is 3.02. The van der Waals surface area contributed by atoms with Crippen molar-refractivity contribution in [2.24, 2.45) is 0 Å². The van der Waals surface area contributed by atoms with E-state index in [0.717, 1.165) is 36.2 Å². The van der Waals surface area contributed by atoms with Crippen molar-refractivity contribution in [2.75, 3.05) is 25.5 Å². The van der Waals surface area contributed by atoms with Crippen LogP contribution in [0.15, 0.2) is 5.38 Å². The van der Waals surface area contributed by atoms with Crippen LogP contribution in [0.1, 0.15) is 24.5 Å². The van der Waals surface area contributed by atoms with E-state index < -0.39 is 0 Å². The molecule has 6 heteroatoms. The zero-order chi connectivity index (χ0) is 13.8. The summed E-state index contributed by atoms with van der Waals surface area (Å²) in [6.07, 6.45) is 0. The summed E-state index contributed by atoms with van der Waals surface area (Å²) < 4.78 is 0. The number of aromatic nitrogens is 2. The van der Waals surface area contributed by atoms with Gasteiger partial charge >= 0.3 is 0 Å². The molecule has 1 N–H and O–H groups in total. The van der Waals surface area contributed by atoms with Crippen LogP contribution >= 0.6 is 22.7 Å². The van der Waals surface area contributed by atoms with E-state index in [9.17, 15) is 0 Å². The smallest absolute Gasteiger partial charge is 0.182 e. The minimum atomic E-state index is 0.932. The predicted octanol–water partition coefficient (Wildman–Crippen LogP) is 3.46. The highest BCUT2D eigenvalue weighted by molar-refractivity contribution is 7.16. The summed E-state index contributed by atoms with van der Waals surface area (Å²) in [7, 11) is 1.90. The standard InChI is InChI=1S/C13H20N4S2/c1-5-17(6-2)7-11-15-9(3)12(19-11)10-8-18-13(14-4)16-10/h8H,5-7H2,1-4H3,(H,14,16). The van der Waals surface area contributed by atoms with E-state index in [1.807, 2.05) is 7.05 Å². The fourth-order valence-electron chi connectivity index (χ4n) is 1.89. The number of thiazole rings is 2. The largest absolute Gasteiger partial charge is 0.365 e. The number of rotatable bonds is 6. The zero-order valence-electron chi connectivity index (χ0n) is 11.9. The Morgan fingerprint density at radius 1 is 1.26 bits per heavy atom. The van der Waals surface area contributed by atoms with Crippen LogP contribution in [0.5, 0.6) is 0 Å². The molecule has 2 rings (SSSR count). The molecule has 2 aromatic rings. The van der Waals surface area contributed by atoms with Gasteiger partial charge in [-0.1, -0.05) is 13.8 Å². The van der Waals surface area contributed by atoms with Gasteiger partial charge in [-0.3, -0.25) is 4.90 Å². The third-order valence-corrected chi connectivity index (χ3v) is 5.07. The van der Waals surface area contributed by atoms with E-state index in [4.69, 9.17) is 0 Å². The van der Waals surface area contributed by atoms with Crippen molar-refractivity contribution in [2.45, 2.75) is 27.3 Å². The van der Waals surface area contributed by atoms with Crippen LogP contribution in [0.3, 0.4) is 0 Å². The number of nitrogens with one attached hydrogen (secondary N) is 1. The molecule has 4 nitrogen and oxygen atoms in total. The molecule has 0 aliphatic carbocycles. The maximum absolute atomic E-state index is 4.68. The van der Waals surface area contributed by atoms with Gasteiger partial charge in [-0.25, -0.2) is 9.97 Å². The molecule has 0 aliphatic rings. The summed E-state index contributed by atoms with van der Waals surface area (Å²) >= 11 is 3.39. The Kier molecular flexibility index (Phi) is 4.90. The van der Waals surface area contributed by atoms with Crippen LogP contribution < -0.4 is 5.32 Å². The Hall–Kier alpha value is -0.980. The number of hydrogen-bond acceptors (Lipinski definition) is 6. The molecule has 0 amide bonds. The molecule has 0 saturated heterocycles. The van der Waals surface area contributed by atoms with Crippen LogP contribution in [-0.4, -0.2) is 35.0 Å². The highest BCUT2D eigenvalue weighted by Crippen LogP contribution is 2.32. The number of hydrogen-bond donors (Lipinski definition) is 1. The van der Waals surface area contributed by atoms with E-state index >= 15 is 0 Å². The second-order valence-corrected chi connectivity index (χ2v) is 6.21. The van der Waals surface area contributed by atoms with Crippen molar-refractivity contribution >= 4 is 27.8 Å². The monoisotopic (exact) mass is 296 g/mol. The quantitative estimate of drug-likeness (QED) is 0.886. The highest BCUT2D eigenvalue weighted by atomic mass is 32.1. The summed E-state index contributed by atoms with van der Waals surface area (Å²) in [5, 5.41) is 7.30. The molecular weight excluding hydrogens is 276 g/mol. The SMILES string of the molecule is CCN(CC)Cc1nc(C)c(-c2csc(NC)n2)s1. The topological polar surface area (TPSA) is 41.1 Å². The van der Waals surface area contributed by atoms with E-state index in [1.165, 1.54) is 9.88 Å². The molecule has 0 fully saturated rings. The molecule has 19 heavy (non-hydrogen) atoms. The summed E-state index contributed by atoms with van der Waals surface area (Å²) in [5.74, 6) is 0. The van der Waals surface area contributed by atoms with E-state index in [1.54, 1.807) is 22.7 Å². The van der Waals surface area contributed by atoms with Crippen molar-refractivity contribution in [1.82, 2.24) is 14.9 Å². The van der Waals surface area contributed by atoms with Crippen molar-refractivity contribution in [3.05, 3.63) is 16.1 Å². The lowest BCUT2D eigenvalue weighted by atomic mass is 10.3. The first-order chi connectivity index (χ1) is 9.17. The average molecular weight is 296 g/mol. The molecule has 2 heterocycles. The third kappa shape index (κ3) is 3.32. The lowest BCUT2D eigenvalue weighted by molar-refractivity contribution is 0.295. The molecule has 0 aromatic carbocycles. The van der Waals surface area contributed by atoms with Gasteiger partial charge in [0.2, 0.25) is 0 Å². The van der Waals surface area contributed by atoms with Gasteiger partial charge in [-0.2, -0.15) is 0 Å². The lowest BCUT2D eigenvalue weighted by Gasteiger charge is -2.15. The number of aryl methyl sites for hydroxylation is 1. The van der Waals surface area contributed by atoms with Crippen LogP contribution in [0, 0.1) is 6.92 Å². The minimum absolute atomic E-state index is 0.932. The van der Waals surface area contributed by atoms with E-state index in [0.29, 0.717) is 0 Å². The Labute approximate surface area is 122 Å². The summed E-state index contributed by atoms with van der Waals surface area (Å²) in [6, 6.07) is 0. The van der Waals surface area contributed by atoms with E-state index in [-0.39, 0.29) is 0 Å². The highest BCUT2D eigenvalue weighted by Gasteiger charge is 2.14. The van der Waals surface area contributed by atoms with Crippen molar-refractivity contribution in [3.63, 3.8) is 0 Å².